The molecule has 0 aromatic heterocycles. The van der Waals surface area contributed by atoms with E-state index in [0.717, 1.165) is 12.8 Å². The zero-order valence-electron chi connectivity index (χ0n) is 6.05. The van der Waals surface area contributed by atoms with Crippen molar-refractivity contribution < 1.29 is 9.90 Å². The van der Waals surface area contributed by atoms with Gasteiger partial charge in [0.05, 0.1) is 5.92 Å². The molecule has 56 valence electrons. The van der Waals surface area contributed by atoms with E-state index in [0.29, 0.717) is 0 Å². The van der Waals surface area contributed by atoms with E-state index in [1.165, 1.54) is 0 Å². The minimum absolute atomic E-state index is 0. The maximum absolute atomic E-state index is 10.2. The number of carbonyl (C=O) groups is 1. The van der Waals surface area contributed by atoms with Crippen LogP contribution in [0.2, 0.25) is 0 Å². The molecule has 3 nitrogen and oxygen atoms in total. The SMILES string of the molecule is CCC(CC)C(=O)O.N. The quantitative estimate of drug-likeness (QED) is 0.615. The van der Waals surface area contributed by atoms with E-state index in [-0.39, 0.29) is 12.1 Å². The first-order valence-corrected chi connectivity index (χ1v) is 2.95. The molecule has 0 amide bonds. The zero-order chi connectivity index (χ0) is 6.57. The largest absolute Gasteiger partial charge is 0.481 e. The molecular weight excluding hydrogens is 118 g/mol. The Morgan fingerprint density at radius 2 is 1.78 bits per heavy atom. The summed E-state index contributed by atoms with van der Waals surface area (Å²) in [5.41, 5.74) is 0. The highest BCUT2D eigenvalue weighted by molar-refractivity contribution is 5.69. The van der Waals surface area contributed by atoms with Gasteiger partial charge in [0.15, 0.2) is 0 Å². The van der Waals surface area contributed by atoms with E-state index in [1.807, 2.05) is 13.8 Å². The molecule has 0 bridgehead atoms. The Bertz CT molecular complexity index is 79.1. The van der Waals surface area contributed by atoms with Crippen molar-refractivity contribution in [3.05, 3.63) is 0 Å². The Morgan fingerprint density at radius 3 is 1.78 bits per heavy atom. The Hall–Kier alpha value is -0.570. The first-order chi connectivity index (χ1) is 3.72. The molecule has 0 heterocycles. The summed E-state index contributed by atoms with van der Waals surface area (Å²) in [4.78, 5) is 10.2. The van der Waals surface area contributed by atoms with E-state index in [9.17, 15) is 4.79 Å². The average Bonchev–Trinajstić information content (AvgIpc) is 1.69. The van der Waals surface area contributed by atoms with Crippen LogP contribution in [0, 0.1) is 5.92 Å². The van der Waals surface area contributed by atoms with Gasteiger partial charge in [0.1, 0.15) is 0 Å². The summed E-state index contributed by atoms with van der Waals surface area (Å²) < 4.78 is 0. The summed E-state index contributed by atoms with van der Waals surface area (Å²) in [5, 5.41) is 8.37. The number of carboxylic acid groups (broad SMARTS) is 1. The van der Waals surface area contributed by atoms with Gasteiger partial charge in [0.2, 0.25) is 0 Å². The first-order valence-electron chi connectivity index (χ1n) is 2.95. The molecular formula is C6H15NO2. The second kappa shape index (κ2) is 5.56. The topological polar surface area (TPSA) is 72.3 Å². The van der Waals surface area contributed by atoms with Crippen LogP contribution >= 0.6 is 0 Å². The average molecular weight is 133 g/mol. The lowest BCUT2D eigenvalue weighted by atomic mass is 10.1. The number of hydrogen-bond donors (Lipinski definition) is 2. The van der Waals surface area contributed by atoms with Crippen LogP contribution in [-0.2, 0) is 4.79 Å². The van der Waals surface area contributed by atoms with Crippen LogP contribution in [0.4, 0.5) is 0 Å². The standard InChI is InChI=1S/C6H12O2.H3N/c1-3-5(4-2)6(7)8;/h5H,3-4H2,1-2H3,(H,7,8);1H3. The fourth-order valence-electron chi connectivity index (χ4n) is 0.638. The van der Waals surface area contributed by atoms with Crippen molar-refractivity contribution in [1.82, 2.24) is 6.15 Å². The monoisotopic (exact) mass is 133 g/mol. The van der Waals surface area contributed by atoms with Crippen molar-refractivity contribution in [2.24, 2.45) is 5.92 Å². The minimum atomic E-state index is -0.671. The third-order valence-corrected chi connectivity index (χ3v) is 1.33. The van der Waals surface area contributed by atoms with Crippen molar-refractivity contribution in [2.75, 3.05) is 0 Å². The molecule has 0 saturated heterocycles. The minimum Gasteiger partial charge on any atom is -0.481 e. The van der Waals surface area contributed by atoms with Crippen molar-refractivity contribution in [1.29, 1.82) is 0 Å². The fraction of sp³-hybridized carbons (Fsp3) is 0.833. The van der Waals surface area contributed by atoms with Gasteiger partial charge in [-0.25, -0.2) is 0 Å². The van der Waals surface area contributed by atoms with Crippen molar-refractivity contribution >= 4 is 5.97 Å². The predicted octanol–water partition coefficient (Wildman–Crippen LogP) is 1.67. The third kappa shape index (κ3) is 3.97. The lowest BCUT2D eigenvalue weighted by molar-refractivity contribution is -0.141. The predicted molar refractivity (Wildman–Crippen MR) is 36.7 cm³/mol. The van der Waals surface area contributed by atoms with Gasteiger partial charge in [-0.15, -0.1) is 0 Å². The van der Waals surface area contributed by atoms with Crippen LogP contribution in [0.15, 0.2) is 0 Å². The molecule has 0 rings (SSSR count). The van der Waals surface area contributed by atoms with Gasteiger partial charge < -0.3 is 11.3 Å². The van der Waals surface area contributed by atoms with Gasteiger partial charge in [0.25, 0.3) is 0 Å². The molecule has 0 atom stereocenters. The first kappa shape index (κ1) is 11.3. The summed E-state index contributed by atoms with van der Waals surface area (Å²) in [6, 6.07) is 0. The molecule has 3 heteroatoms. The molecule has 9 heavy (non-hydrogen) atoms. The van der Waals surface area contributed by atoms with Crippen molar-refractivity contribution in [3.8, 4) is 0 Å². The lowest BCUT2D eigenvalue weighted by Gasteiger charge is -2.02. The molecule has 0 aliphatic carbocycles. The molecule has 0 aliphatic rings. The van der Waals surface area contributed by atoms with E-state index in [2.05, 4.69) is 0 Å². The van der Waals surface area contributed by atoms with Gasteiger partial charge >= 0.3 is 5.97 Å². The van der Waals surface area contributed by atoms with E-state index in [4.69, 9.17) is 5.11 Å². The van der Waals surface area contributed by atoms with Gasteiger partial charge in [-0.1, -0.05) is 13.8 Å². The normalized spacial score (nSPS) is 8.78. The highest BCUT2D eigenvalue weighted by Gasteiger charge is 2.10. The number of carboxylic acids is 1. The maximum atomic E-state index is 10.2. The summed E-state index contributed by atoms with van der Waals surface area (Å²) in [6.07, 6.45) is 1.48. The number of rotatable bonds is 3. The molecule has 0 aliphatic heterocycles. The smallest absolute Gasteiger partial charge is 0.306 e. The summed E-state index contributed by atoms with van der Waals surface area (Å²) in [6.45, 7) is 3.78. The molecule has 0 aromatic carbocycles. The fourth-order valence-corrected chi connectivity index (χ4v) is 0.638. The van der Waals surface area contributed by atoms with Crippen LogP contribution in [0.1, 0.15) is 26.7 Å². The zero-order valence-corrected chi connectivity index (χ0v) is 6.05. The highest BCUT2D eigenvalue weighted by Crippen LogP contribution is 2.05. The Balaban J connectivity index is 0. The molecule has 0 aromatic rings. The summed E-state index contributed by atoms with van der Waals surface area (Å²) in [7, 11) is 0. The van der Waals surface area contributed by atoms with Crippen LogP contribution in [0.5, 0.6) is 0 Å². The third-order valence-electron chi connectivity index (χ3n) is 1.33. The van der Waals surface area contributed by atoms with E-state index >= 15 is 0 Å². The van der Waals surface area contributed by atoms with Crippen molar-refractivity contribution in [3.63, 3.8) is 0 Å². The van der Waals surface area contributed by atoms with E-state index < -0.39 is 5.97 Å². The summed E-state index contributed by atoms with van der Waals surface area (Å²) in [5.74, 6) is -0.801. The second-order valence-electron chi connectivity index (χ2n) is 1.85. The number of aliphatic carboxylic acids is 1. The molecule has 4 N–H and O–H groups in total. The van der Waals surface area contributed by atoms with Gasteiger partial charge in [0, 0.05) is 0 Å². The molecule has 0 radical (unpaired) electrons. The van der Waals surface area contributed by atoms with E-state index in [1.54, 1.807) is 0 Å². The van der Waals surface area contributed by atoms with Gasteiger partial charge in [-0.3, -0.25) is 4.79 Å². The van der Waals surface area contributed by atoms with Crippen LogP contribution in [0.3, 0.4) is 0 Å². The lowest BCUT2D eigenvalue weighted by Crippen LogP contribution is -2.10. The summed E-state index contributed by atoms with van der Waals surface area (Å²) >= 11 is 0. The van der Waals surface area contributed by atoms with Crippen molar-refractivity contribution in [2.45, 2.75) is 26.7 Å². The van der Waals surface area contributed by atoms with Gasteiger partial charge in [-0.05, 0) is 12.8 Å². The molecule has 0 saturated carbocycles. The molecule has 0 fully saturated rings. The van der Waals surface area contributed by atoms with Crippen LogP contribution < -0.4 is 6.15 Å². The molecule has 0 spiro atoms. The maximum Gasteiger partial charge on any atom is 0.306 e. The van der Waals surface area contributed by atoms with Crippen LogP contribution in [0.25, 0.3) is 0 Å². The second-order valence-corrected chi connectivity index (χ2v) is 1.85. The van der Waals surface area contributed by atoms with Crippen LogP contribution in [-0.4, -0.2) is 11.1 Å². The Kier molecular flexibility index (Phi) is 6.96. The van der Waals surface area contributed by atoms with Gasteiger partial charge in [-0.2, -0.15) is 0 Å². The Labute approximate surface area is 55.7 Å². The number of hydrogen-bond acceptors (Lipinski definition) is 2. The Morgan fingerprint density at radius 1 is 1.44 bits per heavy atom. The highest BCUT2D eigenvalue weighted by atomic mass is 16.4. The molecule has 0 unspecified atom stereocenters.